The Balaban J connectivity index is 1.73. The number of rotatable bonds is 6. The van der Waals surface area contributed by atoms with Gasteiger partial charge in [0.05, 0.1) is 23.4 Å². The molecule has 42 heavy (non-hydrogen) atoms. The molecule has 0 spiro atoms. The molecule has 0 aliphatic carbocycles. The van der Waals surface area contributed by atoms with Crippen molar-refractivity contribution in [2.24, 2.45) is 0 Å². The van der Waals surface area contributed by atoms with Crippen LogP contribution in [0.15, 0.2) is 77.3 Å². The lowest BCUT2D eigenvalue weighted by Gasteiger charge is -2.35. The maximum atomic E-state index is 14.7. The number of hydrogen-bond acceptors (Lipinski definition) is 7. The van der Waals surface area contributed by atoms with Crippen molar-refractivity contribution in [2.45, 2.75) is 51.2 Å². The van der Waals surface area contributed by atoms with Crippen LogP contribution in [0, 0.1) is 0 Å². The number of hydrogen-bond donors (Lipinski definition) is 0. The molecule has 0 fully saturated rings. The first kappa shape index (κ1) is 29.2. The molecule has 0 aromatic heterocycles. The fourth-order valence-electron chi connectivity index (χ4n) is 5.57. The van der Waals surface area contributed by atoms with Gasteiger partial charge in [-0.25, -0.2) is 14.5 Å². The summed E-state index contributed by atoms with van der Waals surface area (Å²) in [5, 5.41) is 0. The molecule has 2 atom stereocenters. The highest BCUT2D eigenvalue weighted by molar-refractivity contribution is 9.10. The third kappa shape index (κ3) is 4.79. The molecule has 0 radical (unpaired) electrons. The van der Waals surface area contributed by atoms with Crippen LogP contribution >= 0.6 is 15.9 Å². The minimum atomic E-state index is -1.68. The van der Waals surface area contributed by atoms with Crippen molar-refractivity contribution in [2.75, 3.05) is 11.5 Å². The van der Waals surface area contributed by atoms with Crippen molar-refractivity contribution < 1.29 is 33.4 Å². The van der Waals surface area contributed by atoms with Gasteiger partial charge < -0.3 is 9.47 Å². The topological polar surface area (TPSA) is 110 Å². The summed E-state index contributed by atoms with van der Waals surface area (Å²) in [6.07, 6.45) is -1.26. The smallest absolute Gasteiger partial charge is 0.421 e. The van der Waals surface area contributed by atoms with E-state index in [4.69, 9.17) is 9.47 Å². The maximum absolute atomic E-state index is 14.7. The summed E-state index contributed by atoms with van der Waals surface area (Å²) in [5.41, 5.74) is -1.13. The molecular weight excluding hydrogens is 604 g/mol. The standard InChI is InChI=1S/C32H29BrN2O7/c1-5-41-28(38)25(34-26(36)21-13-9-10-14-22(21)27(34)37)18-32(19-11-7-6-8-12-19)23-17-20(33)15-16-24(23)35(29(32)39)30(40)42-31(2,3)4/h6-17,25H,5,18H2,1-4H3/t25-,32-/m0/s1. The molecule has 2 aliphatic rings. The van der Waals surface area contributed by atoms with Gasteiger partial charge in [-0.3, -0.25) is 19.3 Å². The van der Waals surface area contributed by atoms with Crippen molar-refractivity contribution >= 4 is 51.4 Å². The van der Waals surface area contributed by atoms with Crippen molar-refractivity contribution in [1.82, 2.24) is 4.90 Å². The van der Waals surface area contributed by atoms with Gasteiger partial charge in [0.15, 0.2) is 0 Å². The Hall–Kier alpha value is -4.31. The monoisotopic (exact) mass is 632 g/mol. The van der Waals surface area contributed by atoms with Gasteiger partial charge >= 0.3 is 12.1 Å². The second-order valence-electron chi connectivity index (χ2n) is 11.1. The first-order chi connectivity index (χ1) is 19.9. The number of amides is 4. The van der Waals surface area contributed by atoms with E-state index >= 15 is 0 Å². The van der Waals surface area contributed by atoms with E-state index in [-0.39, 0.29) is 29.8 Å². The minimum absolute atomic E-state index is 0.0169. The number of nitrogens with zero attached hydrogens (tertiary/aromatic N) is 2. The molecule has 2 aliphatic heterocycles. The predicted molar refractivity (Wildman–Crippen MR) is 157 cm³/mol. The van der Waals surface area contributed by atoms with Crippen LogP contribution < -0.4 is 4.90 Å². The van der Waals surface area contributed by atoms with E-state index in [0.717, 1.165) is 9.80 Å². The van der Waals surface area contributed by atoms with Crippen LogP contribution in [0.2, 0.25) is 0 Å². The number of esters is 1. The third-order valence-electron chi connectivity index (χ3n) is 7.27. The summed E-state index contributed by atoms with van der Waals surface area (Å²) in [6.45, 7) is 6.67. The van der Waals surface area contributed by atoms with Crippen LogP contribution in [-0.2, 0) is 24.5 Å². The van der Waals surface area contributed by atoms with Gasteiger partial charge in [-0.1, -0.05) is 58.4 Å². The van der Waals surface area contributed by atoms with Crippen LogP contribution in [0.5, 0.6) is 0 Å². The Morgan fingerprint density at radius 3 is 2.07 bits per heavy atom. The lowest BCUT2D eigenvalue weighted by Crippen LogP contribution is -2.53. The Morgan fingerprint density at radius 1 is 0.905 bits per heavy atom. The summed E-state index contributed by atoms with van der Waals surface area (Å²) in [5.74, 6) is -2.86. The molecule has 0 saturated heterocycles. The number of anilines is 1. The molecule has 5 rings (SSSR count). The van der Waals surface area contributed by atoms with E-state index in [2.05, 4.69) is 15.9 Å². The Bertz CT molecular complexity index is 1580. The van der Waals surface area contributed by atoms with Crippen molar-refractivity contribution in [3.63, 3.8) is 0 Å². The van der Waals surface area contributed by atoms with Gasteiger partial charge in [-0.15, -0.1) is 0 Å². The number of carbonyl (C=O) groups is 5. The molecule has 4 amide bonds. The highest BCUT2D eigenvalue weighted by Crippen LogP contribution is 2.51. The largest absolute Gasteiger partial charge is 0.464 e. The van der Waals surface area contributed by atoms with Crippen LogP contribution in [0.3, 0.4) is 0 Å². The number of carbonyl (C=O) groups excluding carboxylic acids is 5. The molecule has 0 saturated carbocycles. The molecule has 0 N–H and O–H groups in total. The highest BCUT2D eigenvalue weighted by Gasteiger charge is 2.58. The summed E-state index contributed by atoms with van der Waals surface area (Å²) in [7, 11) is 0. The molecule has 216 valence electrons. The number of fused-ring (bicyclic) bond motifs is 2. The molecular formula is C32H29BrN2O7. The van der Waals surface area contributed by atoms with Crippen LogP contribution in [-0.4, -0.2) is 52.9 Å². The van der Waals surface area contributed by atoms with Gasteiger partial charge in [-0.2, -0.15) is 0 Å². The fourth-order valence-corrected chi connectivity index (χ4v) is 5.93. The number of imide groups is 2. The number of ether oxygens (including phenoxy) is 2. The van der Waals surface area contributed by atoms with E-state index in [0.29, 0.717) is 15.6 Å². The lowest BCUT2D eigenvalue weighted by molar-refractivity contribution is -0.148. The van der Waals surface area contributed by atoms with Gasteiger partial charge in [-0.05, 0) is 69.2 Å². The molecule has 9 nitrogen and oxygen atoms in total. The molecule has 0 unspecified atom stereocenters. The van der Waals surface area contributed by atoms with E-state index in [9.17, 15) is 24.0 Å². The Kier molecular flexibility index (Phi) is 7.53. The zero-order chi connectivity index (χ0) is 30.4. The minimum Gasteiger partial charge on any atom is -0.464 e. The summed E-state index contributed by atoms with van der Waals surface area (Å²) in [4.78, 5) is 70.9. The zero-order valence-electron chi connectivity index (χ0n) is 23.5. The fraction of sp³-hybridized carbons (Fsp3) is 0.281. The van der Waals surface area contributed by atoms with Gasteiger partial charge in [0, 0.05) is 10.9 Å². The van der Waals surface area contributed by atoms with Crippen molar-refractivity contribution in [1.29, 1.82) is 0 Å². The first-order valence-corrected chi connectivity index (χ1v) is 14.3. The van der Waals surface area contributed by atoms with Gasteiger partial charge in [0.2, 0.25) is 0 Å². The molecule has 3 aromatic carbocycles. The molecule has 10 heteroatoms. The average Bonchev–Trinajstić information content (AvgIpc) is 3.34. The van der Waals surface area contributed by atoms with Gasteiger partial charge in [0.25, 0.3) is 17.7 Å². The lowest BCUT2D eigenvalue weighted by atomic mass is 9.70. The SMILES string of the molecule is CCOC(=O)[C@H](C[C@@]1(c2ccccc2)C(=O)N(C(=O)OC(C)(C)C)c2ccc(Br)cc21)N1C(=O)c2ccccc2C1=O. The Labute approximate surface area is 251 Å². The zero-order valence-corrected chi connectivity index (χ0v) is 25.1. The second kappa shape index (κ2) is 10.8. The number of halogens is 1. The van der Waals surface area contributed by atoms with Crippen molar-refractivity contribution in [3.8, 4) is 0 Å². The van der Waals surface area contributed by atoms with E-state index < -0.39 is 46.8 Å². The molecule has 0 bridgehead atoms. The predicted octanol–water partition coefficient (Wildman–Crippen LogP) is 5.63. The summed E-state index contributed by atoms with van der Waals surface area (Å²) in [6, 6.07) is 18.5. The maximum Gasteiger partial charge on any atom is 0.421 e. The van der Waals surface area contributed by atoms with Gasteiger partial charge in [0.1, 0.15) is 17.1 Å². The molecule has 3 aromatic rings. The Morgan fingerprint density at radius 2 is 1.50 bits per heavy atom. The molecule has 2 heterocycles. The normalized spacial score (nSPS) is 18.5. The van der Waals surface area contributed by atoms with E-state index in [1.165, 1.54) is 12.1 Å². The average molecular weight is 633 g/mol. The van der Waals surface area contributed by atoms with Crippen LogP contribution in [0.25, 0.3) is 0 Å². The second-order valence-corrected chi connectivity index (χ2v) is 12.0. The van der Waals surface area contributed by atoms with E-state index in [1.807, 2.05) is 0 Å². The quantitative estimate of drug-likeness (QED) is 0.256. The van der Waals surface area contributed by atoms with Crippen LogP contribution in [0.4, 0.5) is 10.5 Å². The van der Waals surface area contributed by atoms with Crippen molar-refractivity contribution in [3.05, 3.63) is 99.5 Å². The summed E-state index contributed by atoms with van der Waals surface area (Å²) < 4.78 is 11.6. The summed E-state index contributed by atoms with van der Waals surface area (Å²) >= 11 is 3.48. The number of benzene rings is 3. The first-order valence-electron chi connectivity index (χ1n) is 13.5. The highest BCUT2D eigenvalue weighted by atomic mass is 79.9. The third-order valence-corrected chi connectivity index (χ3v) is 7.76. The van der Waals surface area contributed by atoms with E-state index in [1.54, 1.807) is 88.4 Å². The van der Waals surface area contributed by atoms with Crippen LogP contribution in [0.1, 0.15) is 66.0 Å².